The zero-order chi connectivity index (χ0) is 19.2. The van der Waals surface area contributed by atoms with Gasteiger partial charge in [-0.3, -0.25) is 0 Å². The normalized spacial score (nSPS) is 10.1. The molecule has 3 aromatic rings. The topological polar surface area (TPSA) is 73.4 Å². The number of nitrogens with one attached hydrogen (secondary N) is 3. The highest BCUT2D eigenvalue weighted by atomic mass is 35.5. The van der Waals surface area contributed by atoms with Gasteiger partial charge in [-0.1, -0.05) is 41.9 Å². The third-order valence-electron chi connectivity index (χ3n) is 3.69. The highest BCUT2D eigenvalue weighted by Crippen LogP contribution is 2.30. The highest BCUT2D eigenvalue weighted by molar-refractivity contribution is 7.80. The van der Waals surface area contributed by atoms with Gasteiger partial charge in [-0.05, 0) is 54.7 Å². The number of aromatic carboxylic acids is 1. The molecule has 0 unspecified atom stereocenters. The minimum Gasteiger partial charge on any atom is -0.478 e. The highest BCUT2D eigenvalue weighted by Gasteiger charge is 2.12. The Bertz CT molecular complexity index is 980. The van der Waals surface area contributed by atoms with E-state index in [4.69, 9.17) is 23.8 Å². The molecule has 0 atom stereocenters. The van der Waals surface area contributed by atoms with Gasteiger partial charge in [0.15, 0.2) is 5.11 Å². The van der Waals surface area contributed by atoms with Crippen LogP contribution in [-0.2, 0) is 0 Å². The van der Waals surface area contributed by atoms with E-state index in [0.29, 0.717) is 27.2 Å². The van der Waals surface area contributed by atoms with Crippen LogP contribution in [0.1, 0.15) is 10.4 Å². The molecule has 27 heavy (non-hydrogen) atoms. The molecule has 7 heteroatoms. The zero-order valence-electron chi connectivity index (χ0n) is 14.1. The van der Waals surface area contributed by atoms with E-state index in [1.807, 2.05) is 30.3 Å². The lowest BCUT2D eigenvalue weighted by Gasteiger charge is -2.17. The first-order chi connectivity index (χ1) is 13.0. The van der Waals surface area contributed by atoms with Crippen LogP contribution in [-0.4, -0.2) is 16.2 Å². The standard InChI is InChI=1S/C20H16ClN3O2S/c21-13-10-11-17(24-20(27)22-14-6-2-1-3-7-14)18(12-13)23-16-9-5-4-8-15(16)19(25)26/h1-12,23H,(H,25,26)(H2,22,24,27). The second-order valence-electron chi connectivity index (χ2n) is 5.61. The van der Waals surface area contributed by atoms with Gasteiger partial charge in [0.05, 0.1) is 22.6 Å². The molecule has 0 amide bonds. The first-order valence-corrected chi connectivity index (χ1v) is 8.83. The van der Waals surface area contributed by atoms with Crippen molar-refractivity contribution in [1.82, 2.24) is 0 Å². The van der Waals surface area contributed by atoms with Crippen LogP contribution in [0, 0.1) is 0 Å². The smallest absolute Gasteiger partial charge is 0.337 e. The Morgan fingerprint density at radius 2 is 1.56 bits per heavy atom. The van der Waals surface area contributed by atoms with Crippen molar-refractivity contribution in [2.24, 2.45) is 0 Å². The van der Waals surface area contributed by atoms with Gasteiger partial charge < -0.3 is 21.1 Å². The van der Waals surface area contributed by atoms with Crippen molar-refractivity contribution in [3.8, 4) is 0 Å². The molecule has 0 spiro atoms. The number of halogens is 1. The molecule has 0 aromatic heterocycles. The maximum absolute atomic E-state index is 11.4. The predicted molar refractivity (Wildman–Crippen MR) is 114 cm³/mol. The molecule has 0 aliphatic rings. The van der Waals surface area contributed by atoms with Crippen molar-refractivity contribution in [1.29, 1.82) is 0 Å². The molecule has 4 N–H and O–H groups in total. The van der Waals surface area contributed by atoms with Crippen LogP contribution in [0.4, 0.5) is 22.7 Å². The van der Waals surface area contributed by atoms with E-state index in [1.54, 1.807) is 36.4 Å². The summed E-state index contributed by atoms with van der Waals surface area (Å²) in [5, 5.41) is 19.6. The van der Waals surface area contributed by atoms with E-state index in [9.17, 15) is 9.90 Å². The second-order valence-corrected chi connectivity index (χ2v) is 6.46. The molecule has 5 nitrogen and oxygen atoms in total. The minimum absolute atomic E-state index is 0.161. The van der Waals surface area contributed by atoms with Crippen LogP contribution in [0.5, 0.6) is 0 Å². The van der Waals surface area contributed by atoms with Crippen molar-refractivity contribution >= 4 is 57.7 Å². The number of carboxylic acid groups (broad SMARTS) is 1. The molecule has 3 aromatic carbocycles. The number of para-hydroxylation sites is 2. The van der Waals surface area contributed by atoms with Gasteiger partial charge in [-0.25, -0.2) is 4.79 Å². The lowest BCUT2D eigenvalue weighted by molar-refractivity contribution is 0.0698. The fourth-order valence-electron chi connectivity index (χ4n) is 2.46. The summed E-state index contributed by atoms with van der Waals surface area (Å²) in [6, 6.07) is 21.4. The third kappa shape index (κ3) is 4.97. The fraction of sp³-hybridized carbons (Fsp3) is 0. The number of carboxylic acids is 1. The first-order valence-electron chi connectivity index (χ1n) is 8.05. The van der Waals surface area contributed by atoms with E-state index in [-0.39, 0.29) is 5.56 Å². The van der Waals surface area contributed by atoms with Gasteiger partial charge in [0.1, 0.15) is 0 Å². The van der Waals surface area contributed by atoms with E-state index < -0.39 is 5.97 Å². The molecular weight excluding hydrogens is 382 g/mol. The van der Waals surface area contributed by atoms with E-state index in [1.165, 1.54) is 6.07 Å². The first kappa shape index (κ1) is 18.7. The number of thiocarbonyl (C=S) groups is 1. The van der Waals surface area contributed by atoms with Crippen molar-refractivity contribution < 1.29 is 9.90 Å². The van der Waals surface area contributed by atoms with E-state index in [2.05, 4.69) is 16.0 Å². The molecule has 0 saturated carbocycles. The molecular formula is C20H16ClN3O2S. The van der Waals surface area contributed by atoms with Crippen LogP contribution in [0.15, 0.2) is 72.8 Å². The molecule has 0 radical (unpaired) electrons. The number of hydrogen-bond donors (Lipinski definition) is 4. The molecule has 136 valence electrons. The molecule has 0 aliphatic carbocycles. The summed E-state index contributed by atoms with van der Waals surface area (Å²) < 4.78 is 0. The summed E-state index contributed by atoms with van der Waals surface area (Å²) in [5.41, 5.74) is 2.74. The van der Waals surface area contributed by atoms with Crippen molar-refractivity contribution in [2.45, 2.75) is 0 Å². The van der Waals surface area contributed by atoms with Crippen LogP contribution < -0.4 is 16.0 Å². The number of rotatable bonds is 5. The minimum atomic E-state index is -1.02. The lowest BCUT2D eigenvalue weighted by atomic mass is 10.1. The van der Waals surface area contributed by atoms with Crippen LogP contribution in [0.25, 0.3) is 0 Å². The number of carbonyl (C=O) groups is 1. The third-order valence-corrected chi connectivity index (χ3v) is 4.13. The van der Waals surface area contributed by atoms with Gasteiger partial charge in [0.2, 0.25) is 0 Å². The van der Waals surface area contributed by atoms with Crippen LogP contribution in [0.3, 0.4) is 0 Å². The van der Waals surface area contributed by atoms with Gasteiger partial charge in [0, 0.05) is 10.7 Å². The average Bonchev–Trinajstić information content (AvgIpc) is 2.65. The number of benzene rings is 3. The fourth-order valence-corrected chi connectivity index (χ4v) is 2.86. The number of anilines is 4. The Balaban J connectivity index is 1.83. The van der Waals surface area contributed by atoms with Crippen LogP contribution >= 0.6 is 23.8 Å². The Hall–Kier alpha value is -3.09. The predicted octanol–water partition coefficient (Wildman–Crippen LogP) is 5.59. The summed E-state index contributed by atoms with van der Waals surface area (Å²) in [6.07, 6.45) is 0. The summed E-state index contributed by atoms with van der Waals surface area (Å²) in [6.45, 7) is 0. The SMILES string of the molecule is O=C(O)c1ccccc1Nc1cc(Cl)ccc1NC(=S)Nc1ccccc1. The second kappa shape index (κ2) is 8.53. The van der Waals surface area contributed by atoms with Crippen molar-refractivity contribution in [2.75, 3.05) is 16.0 Å². The Labute approximate surface area is 167 Å². The summed E-state index contributed by atoms with van der Waals surface area (Å²) >= 11 is 11.5. The van der Waals surface area contributed by atoms with Gasteiger partial charge >= 0.3 is 5.97 Å². The quantitative estimate of drug-likeness (QED) is 0.420. The molecule has 3 rings (SSSR count). The Morgan fingerprint density at radius 3 is 2.30 bits per heavy atom. The van der Waals surface area contributed by atoms with Crippen LogP contribution in [0.2, 0.25) is 5.02 Å². The average molecular weight is 398 g/mol. The molecule has 0 fully saturated rings. The largest absolute Gasteiger partial charge is 0.478 e. The molecule has 0 saturated heterocycles. The molecule has 0 bridgehead atoms. The maximum Gasteiger partial charge on any atom is 0.337 e. The number of hydrogen-bond acceptors (Lipinski definition) is 3. The summed E-state index contributed by atoms with van der Waals surface area (Å²) in [7, 11) is 0. The van der Waals surface area contributed by atoms with Crippen molar-refractivity contribution in [3.63, 3.8) is 0 Å². The van der Waals surface area contributed by atoms with Gasteiger partial charge in [0.25, 0.3) is 0 Å². The summed E-state index contributed by atoms with van der Waals surface area (Å²) in [4.78, 5) is 11.4. The van der Waals surface area contributed by atoms with Gasteiger partial charge in [-0.15, -0.1) is 0 Å². The Morgan fingerprint density at radius 1 is 0.852 bits per heavy atom. The summed E-state index contributed by atoms with van der Waals surface area (Å²) in [5.74, 6) is -1.02. The molecule has 0 heterocycles. The van der Waals surface area contributed by atoms with Crippen molar-refractivity contribution in [3.05, 3.63) is 83.4 Å². The maximum atomic E-state index is 11.4. The lowest BCUT2D eigenvalue weighted by Crippen LogP contribution is -2.19. The zero-order valence-corrected chi connectivity index (χ0v) is 15.6. The Kier molecular flexibility index (Phi) is 5.90. The van der Waals surface area contributed by atoms with E-state index >= 15 is 0 Å². The van der Waals surface area contributed by atoms with Gasteiger partial charge in [-0.2, -0.15) is 0 Å². The monoisotopic (exact) mass is 397 g/mol. The van der Waals surface area contributed by atoms with E-state index in [0.717, 1.165) is 5.69 Å². The molecule has 0 aliphatic heterocycles.